The molecule has 0 aliphatic carbocycles. The first-order chi connectivity index (χ1) is 7.11. The summed E-state index contributed by atoms with van der Waals surface area (Å²) in [7, 11) is 0. The first kappa shape index (κ1) is 9.52. The lowest BCUT2D eigenvalue weighted by molar-refractivity contribution is 0.467. The van der Waals surface area contributed by atoms with E-state index < -0.39 is 5.43 Å². The van der Waals surface area contributed by atoms with Crippen LogP contribution in [-0.2, 0) is 0 Å². The second-order valence-electron chi connectivity index (χ2n) is 3.41. The molecule has 0 bridgehead atoms. The Balaban J connectivity index is 3.12. The fourth-order valence-corrected chi connectivity index (χ4v) is 1.62. The molecule has 0 heterocycles. The number of phenolic OH excluding ortho intramolecular Hbond substituents is 1. The molecular formula is C12H10O3. The van der Waals surface area contributed by atoms with Gasteiger partial charge in [0, 0.05) is 10.9 Å². The minimum atomic E-state index is -0.446. The molecular weight excluding hydrogens is 192 g/mol. The van der Waals surface area contributed by atoms with Crippen molar-refractivity contribution in [2.24, 2.45) is 0 Å². The highest BCUT2D eigenvalue weighted by Crippen LogP contribution is 2.29. The van der Waals surface area contributed by atoms with Crippen molar-refractivity contribution < 1.29 is 10.2 Å². The molecule has 0 saturated heterocycles. The molecule has 0 aromatic heterocycles. The summed E-state index contributed by atoms with van der Waals surface area (Å²) >= 11 is 0. The van der Waals surface area contributed by atoms with Gasteiger partial charge in [0.2, 0.25) is 5.43 Å². The minimum Gasteiger partial charge on any atom is -0.508 e. The van der Waals surface area contributed by atoms with Crippen LogP contribution in [0.25, 0.3) is 10.8 Å². The number of hydrogen-bond acceptors (Lipinski definition) is 3. The molecule has 0 unspecified atom stereocenters. The molecule has 0 radical (unpaired) electrons. The predicted molar refractivity (Wildman–Crippen MR) is 58.3 cm³/mol. The van der Waals surface area contributed by atoms with Gasteiger partial charge in [-0.25, -0.2) is 0 Å². The van der Waals surface area contributed by atoms with E-state index in [1.165, 1.54) is 6.07 Å². The zero-order valence-electron chi connectivity index (χ0n) is 8.19. The van der Waals surface area contributed by atoms with Gasteiger partial charge in [-0.1, -0.05) is 18.2 Å². The number of rotatable bonds is 0. The highest BCUT2D eigenvalue weighted by Gasteiger charge is 2.07. The quantitative estimate of drug-likeness (QED) is 0.686. The highest BCUT2D eigenvalue weighted by molar-refractivity contribution is 5.91. The van der Waals surface area contributed by atoms with Gasteiger partial charge in [0.25, 0.3) is 0 Å². The molecule has 2 rings (SSSR count). The van der Waals surface area contributed by atoms with E-state index in [4.69, 9.17) is 0 Å². The van der Waals surface area contributed by atoms with E-state index in [2.05, 4.69) is 0 Å². The third-order valence-corrected chi connectivity index (χ3v) is 2.46. The van der Waals surface area contributed by atoms with Crippen molar-refractivity contribution >= 4 is 10.8 Å². The fraction of sp³-hybridized carbons (Fsp3) is 0.0833. The van der Waals surface area contributed by atoms with Crippen molar-refractivity contribution in [2.75, 3.05) is 0 Å². The Hall–Kier alpha value is -2.03. The maximum Gasteiger partial charge on any atom is 0.220 e. The predicted octanol–water partition coefficient (Wildman–Crippen LogP) is 1.92. The summed E-state index contributed by atoms with van der Waals surface area (Å²) in [6.45, 7) is 1.66. The van der Waals surface area contributed by atoms with E-state index in [0.29, 0.717) is 10.9 Å². The van der Waals surface area contributed by atoms with Crippen LogP contribution in [0.5, 0.6) is 11.5 Å². The van der Waals surface area contributed by atoms with Crippen LogP contribution in [0, 0.1) is 6.92 Å². The summed E-state index contributed by atoms with van der Waals surface area (Å²) in [5.74, 6) is -0.244. The van der Waals surface area contributed by atoms with E-state index in [1.54, 1.807) is 31.2 Å². The molecule has 0 spiro atoms. The van der Waals surface area contributed by atoms with Gasteiger partial charge in [0.15, 0.2) is 5.75 Å². The first-order valence-electron chi connectivity index (χ1n) is 4.56. The monoisotopic (exact) mass is 202 g/mol. The van der Waals surface area contributed by atoms with E-state index in [9.17, 15) is 15.0 Å². The summed E-state index contributed by atoms with van der Waals surface area (Å²) in [5, 5.41) is 20.3. The molecule has 0 aliphatic rings. The van der Waals surface area contributed by atoms with Crippen molar-refractivity contribution in [2.45, 2.75) is 6.92 Å². The maximum atomic E-state index is 11.4. The lowest BCUT2D eigenvalue weighted by atomic mass is 10.1. The molecule has 76 valence electrons. The average molecular weight is 202 g/mol. The highest BCUT2D eigenvalue weighted by atomic mass is 16.3. The second kappa shape index (κ2) is 3.28. The maximum absolute atomic E-state index is 11.4. The Morgan fingerprint density at radius 3 is 2.53 bits per heavy atom. The molecule has 0 atom stereocenters. The summed E-state index contributed by atoms with van der Waals surface area (Å²) in [6, 6.07) is 7.81. The summed E-state index contributed by atoms with van der Waals surface area (Å²) < 4.78 is 0. The smallest absolute Gasteiger partial charge is 0.220 e. The van der Waals surface area contributed by atoms with E-state index in [-0.39, 0.29) is 11.5 Å². The Morgan fingerprint density at radius 2 is 1.80 bits per heavy atom. The summed E-state index contributed by atoms with van der Waals surface area (Å²) in [4.78, 5) is 11.4. The van der Waals surface area contributed by atoms with Crippen molar-refractivity contribution in [3.63, 3.8) is 0 Å². The lowest BCUT2D eigenvalue weighted by Crippen LogP contribution is -1.93. The number of aryl methyl sites for hydroxylation is 1. The average Bonchev–Trinajstić information content (AvgIpc) is 2.35. The minimum absolute atomic E-state index is 0.0726. The zero-order chi connectivity index (χ0) is 11.0. The van der Waals surface area contributed by atoms with Crippen LogP contribution < -0.4 is 5.43 Å². The van der Waals surface area contributed by atoms with Crippen LogP contribution in [0.4, 0.5) is 0 Å². The van der Waals surface area contributed by atoms with Gasteiger partial charge < -0.3 is 10.2 Å². The lowest BCUT2D eigenvalue weighted by Gasteiger charge is -2.02. The number of benzene rings is 1. The van der Waals surface area contributed by atoms with Crippen molar-refractivity contribution in [1.29, 1.82) is 0 Å². The topological polar surface area (TPSA) is 57.5 Å². The Kier molecular flexibility index (Phi) is 2.08. The molecule has 15 heavy (non-hydrogen) atoms. The second-order valence-corrected chi connectivity index (χ2v) is 3.41. The Labute approximate surface area is 86.2 Å². The SMILES string of the molecule is Cc1c(O)ccc2cccc(=O)c(O)c12. The molecule has 0 amide bonds. The number of phenols is 1. The van der Waals surface area contributed by atoms with Crippen LogP contribution in [0.2, 0.25) is 0 Å². The molecule has 3 nitrogen and oxygen atoms in total. The van der Waals surface area contributed by atoms with Crippen LogP contribution in [0.15, 0.2) is 35.1 Å². The van der Waals surface area contributed by atoms with Crippen molar-refractivity contribution in [1.82, 2.24) is 0 Å². The number of aromatic hydroxyl groups is 2. The number of fused-ring (bicyclic) bond motifs is 1. The van der Waals surface area contributed by atoms with Gasteiger partial charge >= 0.3 is 0 Å². The van der Waals surface area contributed by atoms with Crippen LogP contribution in [-0.4, -0.2) is 10.2 Å². The van der Waals surface area contributed by atoms with Gasteiger partial charge in [0.05, 0.1) is 0 Å². The summed E-state index contributed by atoms with van der Waals surface area (Å²) in [5.41, 5.74) is 0.0667. The molecule has 0 fully saturated rings. The van der Waals surface area contributed by atoms with Gasteiger partial charge in [-0.2, -0.15) is 0 Å². The standard InChI is InChI=1S/C12H10O3/c1-7-9(13)6-5-8-3-2-4-10(14)12(15)11(7)8/h2-6,13H,1H3,(H,14,15). The Bertz CT molecular complexity index is 588. The third-order valence-electron chi connectivity index (χ3n) is 2.46. The molecule has 0 aliphatic heterocycles. The summed E-state index contributed by atoms with van der Waals surface area (Å²) in [6.07, 6.45) is 0. The molecule has 2 aromatic rings. The van der Waals surface area contributed by atoms with Crippen LogP contribution >= 0.6 is 0 Å². The fourth-order valence-electron chi connectivity index (χ4n) is 1.62. The first-order valence-corrected chi connectivity index (χ1v) is 4.56. The van der Waals surface area contributed by atoms with Crippen LogP contribution in [0.1, 0.15) is 5.56 Å². The van der Waals surface area contributed by atoms with Gasteiger partial charge in [-0.3, -0.25) is 4.79 Å². The van der Waals surface area contributed by atoms with Gasteiger partial charge in [-0.15, -0.1) is 0 Å². The molecule has 2 N–H and O–H groups in total. The zero-order valence-corrected chi connectivity index (χ0v) is 8.19. The largest absolute Gasteiger partial charge is 0.508 e. The normalized spacial score (nSPS) is 10.5. The van der Waals surface area contributed by atoms with Crippen molar-refractivity contribution in [3.8, 4) is 11.5 Å². The van der Waals surface area contributed by atoms with Crippen LogP contribution in [0.3, 0.4) is 0 Å². The van der Waals surface area contributed by atoms with E-state index in [0.717, 1.165) is 5.39 Å². The van der Waals surface area contributed by atoms with E-state index >= 15 is 0 Å². The molecule has 3 heteroatoms. The van der Waals surface area contributed by atoms with Crippen molar-refractivity contribution in [3.05, 3.63) is 46.1 Å². The third kappa shape index (κ3) is 1.42. The van der Waals surface area contributed by atoms with Gasteiger partial charge in [-0.05, 0) is 24.4 Å². The Morgan fingerprint density at radius 1 is 1.07 bits per heavy atom. The number of hydrogen-bond donors (Lipinski definition) is 2. The van der Waals surface area contributed by atoms with Gasteiger partial charge in [0.1, 0.15) is 5.75 Å². The van der Waals surface area contributed by atoms with E-state index in [1.807, 2.05) is 0 Å². The molecule has 2 aromatic carbocycles. The molecule has 0 saturated carbocycles.